The molecule has 4 nitrogen and oxygen atoms in total. The first-order chi connectivity index (χ1) is 15.5. The summed E-state index contributed by atoms with van der Waals surface area (Å²) in [5.41, 5.74) is 6.90. The molecule has 0 aliphatic heterocycles. The Labute approximate surface area is 186 Å². The summed E-state index contributed by atoms with van der Waals surface area (Å²) in [6, 6.07) is 26.6. The van der Waals surface area contributed by atoms with Crippen LogP contribution in [0, 0.1) is 13.8 Å². The van der Waals surface area contributed by atoms with Gasteiger partial charge in [-0.15, -0.1) is 0 Å². The van der Waals surface area contributed by atoms with E-state index in [0.717, 1.165) is 22.5 Å². The molecule has 5 rings (SSSR count). The molecule has 0 saturated heterocycles. The topological polar surface area (TPSA) is 58.2 Å². The number of anilines is 4. The molecule has 0 saturated carbocycles. The van der Waals surface area contributed by atoms with Gasteiger partial charge in [0.05, 0.1) is 22.5 Å². The van der Waals surface area contributed by atoms with Gasteiger partial charge in [-0.1, -0.05) is 48.5 Å². The van der Waals surface area contributed by atoms with Gasteiger partial charge in [-0.2, -0.15) is 0 Å². The average Bonchev–Trinajstić information content (AvgIpc) is 2.77. The lowest BCUT2D eigenvalue weighted by atomic mass is 9.82. The zero-order valence-corrected chi connectivity index (χ0v) is 17.9. The van der Waals surface area contributed by atoms with Crippen LogP contribution in [-0.4, -0.2) is 11.6 Å². The fraction of sp³-hybridized carbons (Fsp3) is 0.0714. The van der Waals surface area contributed by atoms with E-state index in [1.54, 1.807) is 12.1 Å². The van der Waals surface area contributed by atoms with E-state index in [1.165, 1.54) is 0 Å². The second-order valence-corrected chi connectivity index (χ2v) is 8.10. The lowest BCUT2D eigenvalue weighted by molar-refractivity contribution is 0.0980. The van der Waals surface area contributed by atoms with Crippen molar-refractivity contribution in [3.05, 3.63) is 118 Å². The van der Waals surface area contributed by atoms with E-state index in [9.17, 15) is 9.59 Å². The molecule has 4 heteroatoms. The average molecular weight is 418 g/mol. The number of aryl methyl sites for hydroxylation is 2. The van der Waals surface area contributed by atoms with Gasteiger partial charge < -0.3 is 10.6 Å². The Morgan fingerprint density at radius 2 is 0.938 bits per heavy atom. The van der Waals surface area contributed by atoms with Crippen molar-refractivity contribution < 1.29 is 9.59 Å². The first-order valence-electron chi connectivity index (χ1n) is 10.5. The van der Waals surface area contributed by atoms with Crippen LogP contribution in [0.3, 0.4) is 0 Å². The first kappa shape index (κ1) is 19.8. The summed E-state index contributed by atoms with van der Waals surface area (Å²) in [6.45, 7) is 4.03. The van der Waals surface area contributed by atoms with Crippen molar-refractivity contribution >= 4 is 34.3 Å². The van der Waals surface area contributed by atoms with E-state index < -0.39 is 0 Å². The predicted molar refractivity (Wildman–Crippen MR) is 129 cm³/mol. The van der Waals surface area contributed by atoms with E-state index in [0.29, 0.717) is 33.6 Å². The number of rotatable bonds is 4. The molecular formula is C28H22N2O2. The summed E-state index contributed by atoms with van der Waals surface area (Å²) >= 11 is 0. The monoisotopic (exact) mass is 418 g/mol. The molecule has 4 aromatic rings. The van der Waals surface area contributed by atoms with Crippen molar-refractivity contribution in [2.24, 2.45) is 0 Å². The minimum absolute atomic E-state index is 0.154. The van der Waals surface area contributed by atoms with Crippen LogP contribution in [0.5, 0.6) is 0 Å². The molecule has 0 fully saturated rings. The molecule has 2 N–H and O–H groups in total. The zero-order valence-electron chi connectivity index (χ0n) is 17.9. The summed E-state index contributed by atoms with van der Waals surface area (Å²) in [5.74, 6) is -0.309. The van der Waals surface area contributed by atoms with Gasteiger partial charge in [0.2, 0.25) is 0 Å². The number of fused-ring (bicyclic) bond motifs is 2. The van der Waals surface area contributed by atoms with Crippen LogP contribution < -0.4 is 10.6 Å². The summed E-state index contributed by atoms with van der Waals surface area (Å²) in [6.07, 6.45) is 0. The van der Waals surface area contributed by atoms with Crippen molar-refractivity contribution in [1.29, 1.82) is 0 Å². The van der Waals surface area contributed by atoms with Gasteiger partial charge in [0.15, 0.2) is 11.6 Å². The second-order valence-electron chi connectivity index (χ2n) is 8.10. The quantitative estimate of drug-likeness (QED) is 0.347. The molecule has 0 amide bonds. The van der Waals surface area contributed by atoms with Gasteiger partial charge in [-0.05, 0) is 61.4 Å². The highest BCUT2D eigenvalue weighted by Crippen LogP contribution is 2.37. The number of carbonyl (C=O) groups excluding carboxylic acids is 2. The molecular weight excluding hydrogens is 396 g/mol. The number of hydrogen-bond acceptors (Lipinski definition) is 4. The molecule has 0 unspecified atom stereocenters. The second kappa shape index (κ2) is 7.82. The lowest BCUT2D eigenvalue weighted by Gasteiger charge is -2.23. The molecule has 32 heavy (non-hydrogen) atoms. The Hall–Kier alpha value is -4.18. The number of nitrogens with one attached hydrogen (secondary N) is 2. The molecule has 156 valence electrons. The summed E-state index contributed by atoms with van der Waals surface area (Å²) in [4.78, 5) is 27.1. The minimum atomic E-state index is -0.154. The molecule has 0 radical (unpaired) electrons. The van der Waals surface area contributed by atoms with Crippen LogP contribution in [0.4, 0.5) is 22.7 Å². The molecule has 0 atom stereocenters. The van der Waals surface area contributed by atoms with E-state index in [4.69, 9.17) is 0 Å². The third-order valence-electron chi connectivity index (χ3n) is 5.67. The summed E-state index contributed by atoms with van der Waals surface area (Å²) < 4.78 is 0. The van der Waals surface area contributed by atoms with Crippen LogP contribution in [0.1, 0.15) is 43.0 Å². The maximum atomic E-state index is 13.6. The normalized spacial score (nSPS) is 12.2. The summed E-state index contributed by atoms with van der Waals surface area (Å²) in [7, 11) is 0. The number of benzene rings is 4. The highest BCUT2D eigenvalue weighted by Gasteiger charge is 2.33. The third kappa shape index (κ3) is 3.46. The van der Waals surface area contributed by atoms with Gasteiger partial charge in [0.1, 0.15) is 0 Å². The maximum Gasteiger partial charge on any atom is 0.196 e. The van der Waals surface area contributed by atoms with Crippen molar-refractivity contribution in [3.8, 4) is 0 Å². The van der Waals surface area contributed by atoms with Gasteiger partial charge in [-0.3, -0.25) is 9.59 Å². The Kier molecular flexibility index (Phi) is 4.83. The van der Waals surface area contributed by atoms with Crippen LogP contribution in [-0.2, 0) is 0 Å². The van der Waals surface area contributed by atoms with E-state index in [-0.39, 0.29) is 11.6 Å². The summed E-state index contributed by atoms with van der Waals surface area (Å²) in [5, 5.41) is 6.65. The maximum absolute atomic E-state index is 13.6. The fourth-order valence-electron chi connectivity index (χ4n) is 4.21. The SMILES string of the molecule is Cc1cccc(Nc2cccc3c2C(=O)c2cccc(Nc4cccc(C)c4)c2C3=O)c1. The van der Waals surface area contributed by atoms with E-state index >= 15 is 0 Å². The highest BCUT2D eigenvalue weighted by molar-refractivity contribution is 6.32. The largest absolute Gasteiger partial charge is 0.355 e. The molecule has 1 aliphatic carbocycles. The van der Waals surface area contributed by atoms with Crippen molar-refractivity contribution in [1.82, 2.24) is 0 Å². The Morgan fingerprint density at radius 1 is 0.531 bits per heavy atom. The van der Waals surface area contributed by atoms with E-state index in [1.807, 2.05) is 86.6 Å². The molecule has 0 spiro atoms. The molecule has 0 bridgehead atoms. The van der Waals surface area contributed by atoms with Crippen LogP contribution in [0.25, 0.3) is 0 Å². The van der Waals surface area contributed by atoms with Crippen molar-refractivity contribution in [2.45, 2.75) is 13.8 Å². The van der Waals surface area contributed by atoms with Crippen molar-refractivity contribution in [2.75, 3.05) is 10.6 Å². The van der Waals surface area contributed by atoms with Gasteiger partial charge in [0.25, 0.3) is 0 Å². The van der Waals surface area contributed by atoms with Gasteiger partial charge in [-0.25, -0.2) is 0 Å². The van der Waals surface area contributed by atoms with Crippen LogP contribution in [0.2, 0.25) is 0 Å². The molecule has 4 aromatic carbocycles. The van der Waals surface area contributed by atoms with Crippen LogP contribution >= 0.6 is 0 Å². The number of hydrogen-bond donors (Lipinski definition) is 2. The molecule has 0 heterocycles. The first-order valence-corrected chi connectivity index (χ1v) is 10.5. The zero-order chi connectivity index (χ0) is 22.2. The van der Waals surface area contributed by atoms with E-state index in [2.05, 4.69) is 10.6 Å². The fourth-order valence-corrected chi connectivity index (χ4v) is 4.21. The Balaban J connectivity index is 1.58. The standard InChI is InChI=1S/C28H22N2O2/c1-17-7-3-9-19(15-17)29-23-13-5-11-21-25(23)27(31)22-12-6-14-24(26(22)28(21)32)30-20-10-4-8-18(2)16-20/h3-16,29-30H,1-2H3. The predicted octanol–water partition coefficient (Wildman–Crippen LogP) is 6.57. The Morgan fingerprint density at radius 3 is 1.34 bits per heavy atom. The minimum Gasteiger partial charge on any atom is -0.355 e. The number of ketones is 2. The van der Waals surface area contributed by atoms with Crippen molar-refractivity contribution in [3.63, 3.8) is 0 Å². The van der Waals surface area contributed by atoms with Crippen LogP contribution in [0.15, 0.2) is 84.9 Å². The lowest BCUT2D eigenvalue weighted by Crippen LogP contribution is -2.23. The molecule has 1 aliphatic rings. The highest BCUT2D eigenvalue weighted by atomic mass is 16.1. The third-order valence-corrected chi connectivity index (χ3v) is 5.67. The van der Waals surface area contributed by atoms with Gasteiger partial charge >= 0.3 is 0 Å². The number of carbonyl (C=O) groups is 2. The Bertz CT molecular complexity index is 1280. The smallest absolute Gasteiger partial charge is 0.196 e. The molecule has 0 aromatic heterocycles. The van der Waals surface area contributed by atoms with Gasteiger partial charge in [0, 0.05) is 22.5 Å².